The van der Waals surface area contributed by atoms with Crippen LogP contribution in [-0.4, -0.2) is 17.4 Å². The van der Waals surface area contributed by atoms with Crippen molar-refractivity contribution in [2.45, 2.75) is 0 Å². The normalized spacial score (nSPS) is 10.5. The number of carbonyl (C=O) groups excluding carboxylic acids is 1. The maximum absolute atomic E-state index is 13.6. The van der Waals surface area contributed by atoms with Crippen LogP contribution >= 0.6 is 27.3 Å². The largest absolute Gasteiger partial charge is 0.280 e. The van der Waals surface area contributed by atoms with Crippen LogP contribution in [0.2, 0.25) is 0 Å². The number of hydrogen-bond donors (Lipinski definition) is 0. The maximum atomic E-state index is 13.6. The van der Waals surface area contributed by atoms with Gasteiger partial charge in [-0.3, -0.25) is 9.69 Å². The van der Waals surface area contributed by atoms with Gasteiger partial charge >= 0.3 is 0 Å². The van der Waals surface area contributed by atoms with E-state index in [9.17, 15) is 9.18 Å². The summed E-state index contributed by atoms with van der Waals surface area (Å²) in [6.07, 6.45) is 1.62. The molecule has 0 spiro atoms. The van der Waals surface area contributed by atoms with Gasteiger partial charge in [-0.05, 0) is 18.2 Å². The second kappa shape index (κ2) is 7.72. The smallest absolute Gasteiger partial charge is 0.260 e. The Morgan fingerprint density at radius 2 is 2.04 bits per heavy atom. The molecule has 2 aromatic carbocycles. The van der Waals surface area contributed by atoms with Gasteiger partial charge < -0.3 is 0 Å². The van der Waals surface area contributed by atoms with E-state index in [1.165, 1.54) is 28.4 Å². The molecule has 0 N–H and O–H groups in total. The lowest BCUT2D eigenvalue weighted by Gasteiger charge is -2.18. The molecule has 25 heavy (non-hydrogen) atoms. The van der Waals surface area contributed by atoms with Crippen molar-refractivity contribution in [1.29, 1.82) is 0 Å². The number of anilines is 1. The van der Waals surface area contributed by atoms with Gasteiger partial charge in [0, 0.05) is 27.5 Å². The Labute approximate surface area is 157 Å². The Hall–Kier alpha value is -2.31. The number of aromatic nitrogens is 1. The first-order valence-corrected chi connectivity index (χ1v) is 9.15. The maximum Gasteiger partial charge on any atom is 0.260 e. The lowest BCUT2D eigenvalue weighted by Crippen LogP contribution is -2.31. The quantitative estimate of drug-likeness (QED) is 0.511. The highest BCUT2D eigenvalue weighted by Crippen LogP contribution is 2.28. The van der Waals surface area contributed by atoms with Crippen molar-refractivity contribution in [3.8, 4) is 11.3 Å². The molecule has 0 saturated carbocycles. The van der Waals surface area contributed by atoms with Crippen molar-refractivity contribution in [2.75, 3.05) is 11.4 Å². The first-order chi connectivity index (χ1) is 12.1. The zero-order valence-corrected chi connectivity index (χ0v) is 15.6. The van der Waals surface area contributed by atoms with Gasteiger partial charge in [0.15, 0.2) is 5.13 Å². The predicted molar refractivity (Wildman–Crippen MR) is 104 cm³/mol. The fourth-order valence-corrected chi connectivity index (χ4v) is 3.65. The highest BCUT2D eigenvalue weighted by atomic mass is 79.9. The molecule has 0 unspecified atom stereocenters. The van der Waals surface area contributed by atoms with E-state index in [0.29, 0.717) is 9.60 Å². The molecule has 3 aromatic rings. The molecule has 1 amide bonds. The summed E-state index contributed by atoms with van der Waals surface area (Å²) in [5.41, 5.74) is 2.03. The van der Waals surface area contributed by atoms with E-state index < -0.39 is 5.82 Å². The molecule has 1 aromatic heterocycles. The van der Waals surface area contributed by atoms with Crippen molar-refractivity contribution in [3.63, 3.8) is 0 Å². The van der Waals surface area contributed by atoms with Gasteiger partial charge in [0.2, 0.25) is 0 Å². The summed E-state index contributed by atoms with van der Waals surface area (Å²) in [6.45, 7) is 3.99. The summed E-state index contributed by atoms with van der Waals surface area (Å²) >= 11 is 4.58. The van der Waals surface area contributed by atoms with Crippen LogP contribution in [0.15, 0.2) is 71.0 Å². The van der Waals surface area contributed by atoms with Crippen LogP contribution in [-0.2, 0) is 0 Å². The van der Waals surface area contributed by atoms with Gasteiger partial charge in [-0.15, -0.1) is 17.9 Å². The van der Waals surface area contributed by atoms with Crippen molar-refractivity contribution in [3.05, 3.63) is 82.4 Å². The van der Waals surface area contributed by atoms with Crippen molar-refractivity contribution < 1.29 is 9.18 Å². The number of hydrogen-bond acceptors (Lipinski definition) is 3. The lowest BCUT2D eigenvalue weighted by molar-refractivity contribution is 0.0989. The number of amides is 1. The summed E-state index contributed by atoms with van der Waals surface area (Å²) in [5, 5.41) is 2.44. The monoisotopic (exact) mass is 416 g/mol. The standard InChI is InChI=1S/C19H14BrFN2OS/c1-2-8-23(18(24)14-9-15(20)11-16(21)10-14)19-22-17(12-25-19)13-6-4-3-5-7-13/h2-7,9-12H,1,8H2. The van der Waals surface area contributed by atoms with Crippen LogP contribution in [0.4, 0.5) is 9.52 Å². The average Bonchev–Trinajstić information content (AvgIpc) is 3.09. The molecule has 6 heteroatoms. The third kappa shape index (κ3) is 4.03. The molecule has 126 valence electrons. The minimum atomic E-state index is -0.472. The van der Waals surface area contributed by atoms with Crippen LogP contribution < -0.4 is 4.90 Å². The van der Waals surface area contributed by atoms with Crippen LogP contribution in [0.25, 0.3) is 11.3 Å². The third-order valence-corrected chi connectivity index (χ3v) is 4.78. The molecule has 0 aliphatic carbocycles. The topological polar surface area (TPSA) is 33.2 Å². The number of nitrogens with zero attached hydrogens (tertiary/aromatic N) is 2. The Morgan fingerprint density at radius 3 is 2.72 bits per heavy atom. The van der Waals surface area contributed by atoms with Crippen LogP contribution in [0.1, 0.15) is 10.4 Å². The molecule has 0 aliphatic rings. The van der Waals surface area contributed by atoms with Gasteiger partial charge in [0.25, 0.3) is 5.91 Å². The molecule has 3 nitrogen and oxygen atoms in total. The fraction of sp³-hybridized carbons (Fsp3) is 0.0526. The van der Waals surface area contributed by atoms with E-state index in [-0.39, 0.29) is 18.0 Å². The summed E-state index contributed by atoms with van der Waals surface area (Å²) in [7, 11) is 0. The number of benzene rings is 2. The van der Waals surface area contributed by atoms with Gasteiger partial charge in [0.1, 0.15) is 5.82 Å². The average molecular weight is 417 g/mol. The lowest BCUT2D eigenvalue weighted by atomic mass is 10.2. The highest BCUT2D eigenvalue weighted by molar-refractivity contribution is 9.10. The van der Waals surface area contributed by atoms with Gasteiger partial charge in [0.05, 0.1) is 5.69 Å². The van der Waals surface area contributed by atoms with Crippen molar-refractivity contribution in [2.24, 2.45) is 0 Å². The number of thiazole rings is 1. The first kappa shape index (κ1) is 17.5. The van der Waals surface area contributed by atoms with Gasteiger partial charge in [-0.2, -0.15) is 0 Å². The van der Waals surface area contributed by atoms with Gasteiger partial charge in [-0.1, -0.05) is 52.3 Å². The minimum absolute atomic E-state index is 0.255. The van der Waals surface area contributed by atoms with Crippen molar-refractivity contribution >= 4 is 38.3 Å². The second-order valence-electron chi connectivity index (χ2n) is 5.24. The second-order valence-corrected chi connectivity index (χ2v) is 7.00. The Balaban J connectivity index is 1.95. The van der Waals surface area contributed by atoms with Crippen molar-refractivity contribution in [1.82, 2.24) is 4.98 Å². The van der Waals surface area contributed by atoms with Crippen LogP contribution in [0.3, 0.4) is 0 Å². The fourth-order valence-electron chi connectivity index (χ4n) is 2.34. The van der Waals surface area contributed by atoms with E-state index in [1.807, 2.05) is 35.7 Å². The number of halogens is 2. The summed E-state index contributed by atoms with van der Waals surface area (Å²) in [4.78, 5) is 18.9. The predicted octanol–water partition coefficient (Wildman–Crippen LogP) is 5.54. The zero-order chi connectivity index (χ0) is 17.8. The Kier molecular flexibility index (Phi) is 5.40. The van der Waals surface area contributed by atoms with E-state index >= 15 is 0 Å². The summed E-state index contributed by atoms with van der Waals surface area (Å²) < 4.78 is 14.1. The zero-order valence-electron chi connectivity index (χ0n) is 13.2. The molecular formula is C19H14BrFN2OS. The Morgan fingerprint density at radius 1 is 1.28 bits per heavy atom. The molecular weight excluding hydrogens is 403 g/mol. The van der Waals surface area contributed by atoms with Crippen LogP contribution in [0, 0.1) is 5.82 Å². The number of carbonyl (C=O) groups is 1. The molecule has 3 rings (SSSR count). The molecule has 0 bridgehead atoms. The van der Waals surface area contributed by atoms with E-state index in [4.69, 9.17) is 0 Å². The third-order valence-electron chi connectivity index (χ3n) is 3.46. The van der Waals surface area contributed by atoms with E-state index in [2.05, 4.69) is 27.5 Å². The highest BCUT2D eigenvalue weighted by Gasteiger charge is 2.21. The molecule has 0 saturated heterocycles. The molecule has 1 heterocycles. The molecule has 0 atom stereocenters. The van der Waals surface area contributed by atoms with E-state index in [0.717, 1.165) is 11.3 Å². The van der Waals surface area contributed by atoms with Crippen LogP contribution in [0.5, 0.6) is 0 Å². The summed E-state index contributed by atoms with van der Waals surface area (Å²) in [6, 6.07) is 13.8. The molecule has 0 radical (unpaired) electrons. The molecule has 0 aliphatic heterocycles. The summed E-state index contributed by atoms with van der Waals surface area (Å²) in [5.74, 6) is -0.797. The SMILES string of the molecule is C=CCN(C(=O)c1cc(F)cc(Br)c1)c1nc(-c2ccccc2)cs1. The molecule has 0 fully saturated rings. The van der Waals surface area contributed by atoms with Gasteiger partial charge in [-0.25, -0.2) is 9.37 Å². The first-order valence-electron chi connectivity index (χ1n) is 7.48. The number of rotatable bonds is 5. The Bertz CT molecular complexity index is 891. The van der Waals surface area contributed by atoms with E-state index in [1.54, 1.807) is 12.1 Å². The minimum Gasteiger partial charge on any atom is -0.280 e.